The van der Waals surface area contributed by atoms with Crippen LogP contribution in [0.4, 0.5) is 8.78 Å². The molecule has 1 fully saturated rings. The molecule has 1 aromatic carbocycles. The zero-order valence-electron chi connectivity index (χ0n) is 14.3. The van der Waals surface area contributed by atoms with Crippen molar-refractivity contribution in [3.63, 3.8) is 0 Å². The highest BCUT2D eigenvalue weighted by molar-refractivity contribution is 5.80. The maximum absolute atomic E-state index is 13.9. The molecule has 132 valence electrons. The summed E-state index contributed by atoms with van der Waals surface area (Å²) in [6.45, 7) is 3.11. The number of carbonyl (C=O) groups excluding carboxylic acids is 2. The van der Waals surface area contributed by atoms with Crippen molar-refractivity contribution < 1.29 is 18.4 Å². The van der Waals surface area contributed by atoms with Crippen molar-refractivity contribution in [2.24, 2.45) is 5.92 Å². The molecule has 5 nitrogen and oxygen atoms in total. The number of rotatable bonds is 3. The lowest BCUT2D eigenvalue weighted by Crippen LogP contribution is -2.41. The smallest absolute Gasteiger partial charge is 0.228 e. The van der Waals surface area contributed by atoms with E-state index in [2.05, 4.69) is 0 Å². The molecule has 24 heavy (non-hydrogen) atoms. The molecule has 2 rings (SSSR count). The van der Waals surface area contributed by atoms with Crippen LogP contribution in [0, 0.1) is 17.6 Å². The fraction of sp³-hybridized carbons (Fsp3) is 0.529. The summed E-state index contributed by atoms with van der Waals surface area (Å²) in [6.07, 6.45) is 0. The third-order valence-corrected chi connectivity index (χ3v) is 4.28. The Balaban J connectivity index is 2.20. The molecule has 1 atom stereocenters. The Hall–Kier alpha value is -2.02. The maximum Gasteiger partial charge on any atom is 0.228 e. The third kappa shape index (κ3) is 4.29. The number of hydrogen-bond acceptors (Lipinski definition) is 3. The van der Waals surface area contributed by atoms with Crippen molar-refractivity contribution in [1.82, 2.24) is 14.7 Å². The Bertz CT molecular complexity index is 602. The SMILES string of the molecule is CC(=O)N1CCN(Cc2c(F)cccc2F)C[C@H](C(=O)N(C)C)C1. The van der Waals surface area contributed by atoms with Crippen LogP contribution in [-0.4, -0.2) is 66.8 Å². The maximum atomic E-state index is 13.9. The van der Waals surface area contributed by atoms with E-state index in [1.807, 2.05) is 4.90 Å². The molecule has 0 N–H and O–H groups in total. The average Bonchev–Trinajstić information content (AvgIpc) is 2.73. The molecule has 0 radical (unpaired) electrons. The summed E-state index contributed by atoms with van der Waals surface area (Å²) in [5.41, 5.74) is -0.00942. The molecule has 7 heteroatoms. The number of amides is 2. The highest BCUT2D eigenvalue weighted by Crippen LogP contribution is 2.18. The van der Waals surface area contributed by atoms with Crippen molar-refractivity contribution >= 4 is 11.8 Å². The zero-order valence-corrected chi connectivity index (χ0v) is 14.3. The molecule has 0 aliphatic carbocycles. The normalized spacial score (nSPS) is 19.0. The van der Waals surface area contributed by atoms with Gasteiger partial charge in [0.2, 0.25) is 11.8 Å². The van der Waals surface area contributed by atoms with Crippen molar-refractivity contribution in [2.45, 2.75) is 13.5 Å². The predicted octanol–water partition coefficient (Wildman–Crippen LogP) is 1.33. The lowest BCUT2D eigenvalue weighted by Gasteiger charge is -2.26. The van der Waals surface area contributed by atoms with Crippen molar-refractivity contribution in [1.29, 1.82) is 0 Å². The van der Waals surface area contributed by atoms with Gasteiger partial charge in [-0.2, -0.15) is 0 Å². The molecule has 1 aliphatic heterocycles. The van der Waals surface area contributed by atoms with Gasteiger partial charge in [-0.05, 0) is 12.1 Å². The van der Waals surface area contributed by atoms with E-state index in [0.29, 0.717) is 26.2 Å². The van der Waals surface area contributed by atoms with Gasteiger partial charge in [-0.15, -0.1) is 0 Å². The summed E-state index contributed by atoms with van der Waals surface area (Å²) < 4.78 is 27.8. The lowest BCUT2D eigenvalue weighted by molar-refractivity contribution is -0.135. The molecule has 1 heterocycles. The molecule has 2 amide bonds. The fourth-order valence-corrected chi connectivity index (χ4v) is 2.94. The molecule has 1 aliphatic rings. The van der Waals surface area contributed by atoms with Crippen LogP contribution >= 0.6 is 0 Å². The Morgan fingerprint density at radius 2 is 1.79 bits per heavy atom. The quantitative estimate of drug-likeness (QED) is 0.835. The first-order valence-corrected chi connectivity index (χ1v) is 7.91. The van der Waals surface area contributed by atoms with Gasteiger partial charge in [0, 0.05) is 59.3 Å². The summed E-state index contributed by atoms with van der Waals surface area (Å²) in [7, 11) is 3.32. The fourth-order valence-electron chi connectivity index (χ4n) is 2.94. The Kier molecular flexibility index (Phi) is 5.88. The van der Waals surface area contributed by atoms with Gasteiger partial charge in [0.1, 0.15) is 11.6 Å². The van der Waals surface area contributed by atoms with Crippen molar-refractivity contribution in [3.8, 4) is 0 Å². The van der Waals surface area contributed by atoms with E-state index in [-0.39, 0.29) is 23.9 Å². The highest BCUT2D eigenvalue weighted by Gasteiger charge is 2.30. The van der Waals surface area contributed by atoms with Crippen LogP contribution in [-0.2, 0) is 16.1 Å². The highest BCUT2D eigenvalue weighted by atomic mass is 19.1. The predicted molar refractivity (Wildman–Crippen MR) is 86.1 cm³/mol. The Morgan fingerprint density at radius 3 is 2.33 bits per heavy atom. The molecular weight excluding hydrogens is 316 g/mol. The Morgan fingerprint density at radius 1 is 1.17 bits per heavy atom. The molecule has 0 aromatic heterocycles. The van der Waals surface area contributed by atoms with Crippen LogP contribution in [0.3, 0.4) is 0 Å². The largest absolute Gasteiger partial charge is 0.348 e. The summed E-state index contributed by atoms with van der Waals surface area (Å²) >= 11 is 0. The van der Waals surface area contributed by atoms with Crippen LogP contribution in [0.2, 0.25) is 0 Å². The average molecular weight is 339 g/mol. The molecule has 1 aromatic rings. The van der Waals surface area contributed by atoms with E-state index >= 15 is 0 Å². The monoisotopic (exact) mass is 339 g/mol. The van der Waals surface area contributed by atoms with Crippen molar-refractivity contribution in [2.75, 3.05) is 40.3 Å². The van der Waals surface area contributed by atoms with Crippen LogP contribution in [0.5, 0.6) is 0 Å². The van der Waals surface area contributed by atoms with Gasteiger partial charge in [0.25, 0.3) is 0 Å². The number of carbonyl (C=O) groups is 2. The first-order chi connectivity index (χ1) is 11.3. The van der Waals surface area contributed by atoms with E-state index in [1.165, 1.54) is 30.0 Å². The minimum Gasteiger partial charge on any atom is -0.348 e. The zero-order chi connectivity index (χ0) is 17.9. The summed E-state index contributed by atoms with van der Waals surface area (Å²) in [4.78, 5) is 29.0. The number of hydrogen-bond donors (Lipinski definition) is 0. The van der Waals surface area contributed by atoms with E-state index in [0.717, 1.165) is 0 Å². The van der Waals surface area contributed by atoms with E-state index in [9.17, 15) is 18.4 Å². The van der Waals surface area contributed by atoms with Gasteiger partial charge in [-0.1, -0.05) is 6.07 Å². The van der Waals surface area contributed by atoms with Crippen LogP contribution < -0.4 is 0 Å². The van der Waals surface area contributed by atoms with E-state index < -0.39 is 17.6 Å². The minimum atomic E-state index is -0.599. The van der Waals surface area contributed by atoms with Gasteiger partial charge in [-0.25, -0.2) is 8.78 Å². The summed E-state index contributed by atoms with van der Waals surface area (Å²) in [6, 6.07) is 3.77. The van der Waals surface area contributed by atoms with Crippen LogP contribution in [0.25, 0.3) is 0 Å². The lowest BCUT2D eigenvalue weighted by atomic mass is 10.1. The van der Waals surface area contributed by atoms with Gasteiger partial charge in [0.05, 0.1) is 5.92 Å². The van der Waals surface area contributed by atoms with Gasteiger partial charge in [-0.3, -0.25) is 14.5 Å². The number of halogens is 2. The molecule has 0 spiro atoms. The topological polar surface area (TPSA) is 43.9 Å². The second kappa shape index (κ2) is 7.70. The first kappa shape index (κ1) is 18.3. The first-order valence-electron chi connectivity index (χ1n) is 7.91. The number of nitrogens with zero attached hydrogens (tertiary/aromatic N) is 3. The standard InChI is InChI=1S/C17H23F2N3O2/c1-12(23)22-8-7-21(9-13(10-22)17(24)20(2)3)11-14-15(18)5-4-6-16(14)19/h4-6,13H,7-11H2,1-3H3/t13-/m0/s1. The van der Waals surface area contributed by atoms with Gasteiger partial charge < -0.3 is 9.80 Å². The summed E-state index contributed by atoms with van der Waals surface area (Å²) in [5.74, 6) is -1.81. The molecular formula is C17H23F2N3O2. The van der Waals surface area contributed by atoms with Gasteiger partial charge in [0.15, 0.2) is 0 Å². The second-order valence-electron chi connectivity index (χ2n) is 6.33. The van der Waals surface area contributed by atoms with Gasteiger partial charge >= 0.3 is 0 Å². The van der Waals surface area contributed by atoms with Crippen molar-refractivity contribution in [3.05, 3.63) is 35.4 Å². The third-order valence-electron chi connectivity index (χ3n) is 4.28. The molecule has 0 saturated carbocycles. The van der Waals surface area contributed by atoms with Crippen LogP contribution in [0.15, 0.2) is 18.2 Å². The van der Waals surface area contributed by atoms with E-state index in [1.54, 1.807) is 19.0 Å². The minimum absolute atomic E-state index is 0.00942. The second-order valence-corrected chi connectivity index (χ2v) is 6.33. The molecule has 1 saturated heterocycles. The summed E-state index contributed by atoms with van der Waals surface area (Å²) in [5, 5.41) is 0. The Labute approximate surface area is 140 Å². The number of benzene rings is 1. The molecule has 0 unspecified atom stereocenters. The van der Waals surface area contributed by atoms with Crippen LogP contribution in [0.1, 0.15) is 12.5 Å². The molecule has 0 bridgehead atoms. The van der Waals surface area contributed by atoms with E-state index in [4.69, 9.17) is 0 Å².